The van der Waals surface area contributed by atoms with Crippen molar-refractivity contribution in [2.24, 2.45) is 0 Å². The molecule has 3 rings (SSSR count). The molecule has 2 amide bonds. The molecule has 2 heterocycles. The molecule has 0 radical (unpaired) electrons. The van der Waals surface area contributed by atoms with Crippen molar-refractivity contribution in [1.29, 1.82) is 0 Å². The van der Waals surface area contributed by atoms with E-state index >= 15 is 0 Å². The van der Waals surface area contributed by atoms with Crippen molar-refractivity contribution in [2.45, 2.75) is 19.4 Å². The average Bonchev–Trinajstić information content (AvgIpc) is 2.93. The number of rotatable bonds is 5. The van der Waals surface area contributed by atoms with E-state index in [-0.39, 0.29) is 17.9 Å². The van der Waals surface area contributed by atoms with Gasteiger partial charge in [0.25, 0.3) is 5.91 Å². The lowest BCUT2D eigenvalue weighted by Gasteiger charge is -2.28. The van der Waals surface area contributed by atoms with Crippen LogP contribution in [-0.4, -0.2) is 73.6 Å². The second-order valence-corrected chi connectivity index (χ2v) is 6.48. The summed E-state index contributed by atoms with van der Waals surface area (Å²) < 4.78 is 5.34. The van der Waals surface area contributed by atoms with Crippen LogP contribution in [0.2, 0.25) is 0 Å². The highest BCUT2D eigenvalue weighted by molar-refractivity contribution is 5.96. The van der Waals surface area contributed by atoms with Gasteiger partial charge >= 0.3 is 0 Å². The Morgan fingerprint density at radius 1 is 1.25 bits per heavy atom. The van der Waals surface area contributed by atoms with E-state index in [1.54, 1.807) is 0 Å². The van der Waals surface area contributed by atoms with E-state index in [0.29, 0.717) is 18.5 Å². The number of carbonyl (C=O) groups excluding carboxylic acids is 2. The summed E-state index contributed by atoms with van der Waals surface area (Å²) in [5, 5.41) is 3.00. The number of amides is 2. The molecule has 1 atom stereocenters. The predicted octanol–water partition coefficient (Wildman–Crippen LogP) is 0.658. The summed E-state index contributed by atoms with van der Waals surface area (Å²) >= 11 is 0. The van der Waals surface area contributed by atoms with Gasteiger partial charge in [0, 0.05) is 44.7 Å². The third-order valence-corrected chi connectivity index (χ3v) is 4.73. The Hall–Kier alpha value is -1.92. The molecule has 1 aromatic rings. The molecule has 2 saturated heterocycles. The highest BCUT2D eigenvalue weighted by Crippen LogP contribution is 2.13. The van der Waals surface area contributed by atoms with Crippen LogP contribution in [0.15, 0.2) is 24.3 Å². The molecule has 0 spiro atoms. The highest BCUT2D eigenvalue weighted by Gasteiger charge is 2.31. The Morgan fingerprint density at radius 3 is 2.75 bits per heavy atom. The van der Waals surface area contributed by atoms with Crippen LogP contribution in [0.25, 0.3) is 0 Å². The van der Waals surface area contributed by atoms with Gasteiger partial charge < -0.3 is 15.0 Å². The number of aryl methyl sites for hydroxylation is 1. The number of ether oxygens (including phenoxy) is 1. The van der Waals surface area contributed by atoms with Gasteiger partial charge in [-0.15, -0.1) is 0 Å². The zero-order valence-electron chi connectivity index (χ0n) is 14.2. The van der Waals surface area contributed by atoms with Crippen molar-refractivity contribution in [3.8, 4) is 0 Å². The zero-order chi connectivity index (χ0) is 16.9. The van der Waals surface area contributed by atoms with Gasteiger partial charge in [0.1, 0.15) is 0 Å². The Balaban J connectivity index is 1.49. The average molecular weight is 331 g/mol. The van der Waals surface area contributed by atoms with Crippen molar-refractivity contribution in [2.75, 3.05) is 45.9 Å². The van der Waals surface area contributed by atoms with Gasteiger partial charge in [0.15, 0.2) is 0 Å². The minimum absolute atomic E-state index is 0.0964. The van der Waals surface area contributed by atoms with Gasteiger partial charge in [-0.3, -0.25) is 14.5 Å². The van der Waals surface area contributed by atoms with E-state index < -0.39 is 0 Å². The molecule has 1 N–H and O–H groups in total. The maximum absolute atomic E-state index is 12.4. The van der Waals surface area contributed by atoms with Crippen LogP contribution in [0.3, 0.4) is 0 Å². The number of nitrogens with zero attached hydrogens (tertiary/aromatic N) is 2. The SMILES string of the molecule is Cc1ccccc1C(=O)NC1CC(=O)N(CCN2CCOCC2)C1. The van der Waals surface area contributed by atoms with Crippen LogP contribution in [0.4, 0.5) is 0 Å². The van der Waals surface area contributed by atoms with Gasteiger partial charge in [0.2, 0.25) is 5.91 Å². The molecule has 0 aromatic heterocycles. The second kappa shape index (κ2) is 7.77. The number of carbonyl (C=O) groups is 2. The van der Waals surface area contributed by atoms with E-state index in [1.807, 2.05) is 36.1 Å². The number of likely N-dealkylation sites (tertiary alicyclic amines) is 1. The molecule has 24 heavy (non-hydrogen) atoms. The maximum Gasteiger partial charge on any atom is 0.251 e. The second-order valence-electron chi connectivity index (χ2n) is 6.48. The third kappa shape index (κ3) is 4.13. The Kier molecular flexibility index (Phi) is 5.48. The Morgan fingerprint density at radius 2 is 2.00 bits per heavy atom. The molecule has 130 valence electrons. The smallest absolute Gasteiger partial charge is 0.251 e. The first-order valence-corrected chi connectivity index (χ1v) is 8.58. The minimum atomic E-state index is -0.103. The summed E-state index contributed by atoms with van der Waals surface area (Å²) in [4.78, 5) is 28.7. The summed E-state index contributed by atoms with van der Waals surface area (Å²) in [6, 6.07) is 7.41. The Bertz CT molecular complexity index is 599. The minimum Gasteiger partial charge on any atom is -0.379 e. The molecule has 6 heteroatoms. The monoisotopic (exact) mass is 331 g/mol. The number of hydrogen-bond acceptors (Lipinski definition) is 4. The standard InChI is InChI=1S/C18H25N3O3/c1-14-4-2-3-5-16(14)18(23)19-15-12-17(22)21(13-15)7-6-20-8-10-24-11-9-20/h2-5,15H,6-13H2,1H3,(H,19,23). The van der Waals surface area contributed by atoms with Crippen LogP contribution in [-0.2, 0) is 9.53 Å². The fraction of sp³-hybridized carbons (Fsp3) is 0.556. The summed E-state index contributed by atoms with van der Waals surface area (Å²) in [7, 11) is 0. The molecule has 6 nitrogen and oxygen atoms in total. The van der Waals surface area contributed by atoms with Crippen molar-refractivity contribution in [1.82, 2.24) is 15.1 Å². The molecular weight excluding hydrogens is 306 g/mol. The Labute approximate surface area is 142 Å². The molecule has 2 fully saturated rings. The molecular formula is C18H25N3O3. The third-order valence-electron chi connectivity index (χ3n) is 4.73. The van der Waals surface area contributed by atoms with Crippen molar-refractivity contribution >= 4 is 11.8 Å². The normalized spacial score (nSPS) is 22.0. The lowest BCUT2D eigenvalue weighted by molar-refractivity contribution is -0.128. The van der Waals surface area contributed by atoms with Crippen molar-refractivity contribution in [3.63, 3.8) is 0 Å². The quantitative estimate of drug-likeness (QED) is 0.861. The zero-order valence-corrected chi connectivity index (χ0v) is 14.2. The fourth-order valence-corrected chi connectivity index (χ4v) is 3.26. The van der Waals surface area contributed by atoms with Crippen molar-refractivity contribution in [3.05, 3.63) is 35.4 Å². The summed E-state index contributed by atoms with van der Waals surface area (Å²) in [6.45, 7) is 7.49. The first kappa shape index (κ1) is 16.9. The van der Waals surface area contributed by atoms with Crippen LogP contribution in [0, 0.1) is 6.92 Å². The van der Waals surface area contributed by atoms with Crippen LogP contribution < -0.4 is 5.32 Å². The predicted molar refractivity (Wildman–Crippen MR) is 90.9 cm³/mol. The van der Waals surface area contributed by atoms with Crippen LogP contribution >= 0.6 is 0 Å². The van der Waals surface area contributed by atoms with Gasteiger partial charge in [0.05, 0.1) is 19.3 Å². The van der Waals surface area contributed by atoms with Gasteiger partial charge in [-0.05, 0) is 18.6 Å². The first-order valence-electron chi connectivity index (χ1n) is 8.58. The maximum atomic E-state index is 12.4. The summed E-state index contributed by atoms with van der Waals surface area (Å²) in [5.74, 6) is 0.0271. The number of nitrogens with one attached hydrogen (secondary N) is 1. The van der Waals surface area contributed by atoms with E-state index in [0.717, 1.165) is 45.0 Å². The van der Waals surface area contributed by atoms with Crippen LogP contribution in [0.1, 0.15) is 22.3 Å². The molecule has 1 unspecified atom stereocenters. The largest absolute Gasteiger partial charge is 0.379 e. The van der Waals surface area contributed by atoms with Crippen molar-refractivity contribution < 1.29 is 14.3 Å². The number of morpholine rings is 1. The highest BCUT2D eigenvalue weighted by atomic mass is 16.5. The lowest BCUT2D eigenvalue weighted by Crippen LogP contribution is -2.42. The van der Waals surface area contributed by atoms with Gasteiger partial charge in [-0.2, -0.15) is 0 Å². The molecule has 0 aliphatic carbocycles. The molecule has 1 aromatic carbocycles. The molecule has 2 aliphatic heterocycles. The molecule has 2 aliphatic rings. The van der Waals surface area contributed by atoms with Gasteiger partial charge in [-0.1, -0.05) is 18.2 Å². The van der Waals surface area contributed by atoms with Gasteiger partial charge in [-0.25, -0.2) is 0 Å². The van der Waals surface area contributed by atoms with E-state index in [4.69, 9.17) is 4.74 Å². The van der Waals surface area contributed by atoms with E-state index in [2.05, 4.69) is 10.2 Å². The fourth-order valence-electron chi connectivity index (χ4n) is 3.26. The molecule has 0 bridgehead atoms. The number of hydrogen-bond donors (Lipinski definition) is 1. The number of benzene rings is 1. The van der Waals surface area contributed by atoms with E-state index in [1.165, 1.54) is 0 Å². The summed E-state index contributed by atoms with van der Waals surface area (Å²) in [5.41, 5.74) is 1.63. The lowest BCUT2D eigenvalue weighted by atomic mass is 10.1. The van der Waals surface area contributed by atoms with Crippen LogP contribution in [0.5, 0.6) is 0 Å². The summed E-state index contributed by atoms with van der Waals surface area (Å²) in [6.07, 6.45) is 0.390. The topological polar surface area (TPSA) is 61.9 Å². The van der Waals surface area contributed by atoms with E-state index in [9.17, 15) is 9.59 Å². The first-order chi connectivity index (χ1) is 11.6. The molecule has 0 saturated carbocycles.